The average molecular weight is 408 g/mol. The van der Waals surface area contributed by atoms with Crippen LogP contribution < -0.4 is 15.4 Å². The maximum atomic E-state index is 11.5. The highest BCUT2D eigenvalue weighted by atomic mass is 35.5. The second-order valence-corrected chi connectivity index (χ2v) is 7.07. The molecule has 0 saturated heterocycles. The zero-order chi connectivity index (χ0) is 20.0. The van der Waals surface area contributed by atoms with Gasteiger partial charge in [-0.2, -0.15) is 4.98 Å². The van der Waals surface area contributed by atoms with Gasteiger partial charge in [-0.1, -0.05) is 0 Å². The number of rotatable bonds is 7. The minimum Gasteiger partial charge on any atom is -0.362 e. The minimum absolute atomic E-state index is 0.136. The van der Waals surface area contributed by atoms with E-state index in [1.807, 2.05) is 37.9 Å². The van der Waals surface area contributed by atoms with E-state index in [-0.39, 0.29) is 17.2 Å². The number of anilines is 1. The number of amidine groups is 1. The van der Waals surface area contributed by atoms with Gasteiger partial charge in [0.2, 0.25) is 5.28 Å². The van der Waals surface area contributed by atoms with Gasteiger partial charge in [0.25, 0.3) is 0 Å². The molecule has 0 atom stereocenters. The predicted octanol–water partition coefficient (Wildman–Crippen LogP) is 2.66. The van der Waals surface area contributed by atoms with Gasteiger partial charge < -0.3 is 10.2 Å². The standard InChI is InChI=1S/C17H22ClN7OS/c1-10(2)25(4)16-15(11(3)22-17(18)24-16)23-14(9-26)21-7-12-5-6-13(27-19)8-20-12/h5-6,8-10H,7,19H2,1-4H3,(H,21,23). The summed E-state index contributed by atoms with van der Waals surface area (Å²) in [5.74, 6) is 0.715. The van der Waals surface area contributed by atoms with E-state index in [1.165, 1.54) is 0 Å². The van der Waals surface area contributed by atoms with E-state index in [0.29, 0.717) is 30.0 Å². The van der Waals surface area contributed by atoms with Gasteiger partial charge in [0.05, 0.1) is 17.9 Å². The number of hydrogen-bond donors (Lipinski definition) is 2. The number of carbonyl (C=O) groups is 1. The molecule has 0 fully saturated rings. The van der Waals surface area contributed by atoms with Crippen LogP contribution in [0.5, 0.6) is 0 Å². The lowest BCUT2D eigenvalue weighted by Crippen LogP contribution is -2.28. The fourth-order valence-electron chi connectivity index (χ4n) is 2.13. The molecule has 2 aromatic heterocycles. The van der Waals surface area contributed by atoms with Crippen LogP contribution in [0, 0.1) is 6.92 Å². The normalized spacial score (nSPS) is 11.6. The molecule has 27 heavy (non-hydrogen) atoms. The molecule has 0 aliphatic carbocycles. The predicted molar refractivity (Wildman–Crippen MR) is 110 cm³/mol. The highest BCUT2D eigenvalue weighted by Crippen LogP contribution is 2.31. The third-order valence-electron chi connectivity index (χ3n) is 3.85. The summed E-state index contributed by atoms with van der Waals surface area (Å²) in [4.78, 5) is 31.4. The maximum Gasteiger partial charge on any atom is 0.224 e. The van der Waals surface area contributed by atoms with Crippen LogP contribution >= 0.6 is 23.5 Å². The zero-order valence-corrected chi connectivity index (χ0v) is 17.2. The summed E-state index contributed by atoms with van der Waals surface area (Å²) >= 11 is 7.13. The molecule has 0 bridgehead atoms. The van der Waals surface area contributed by atoms with E-state index in [0.717, 1.165) is 22.5 Å². The van der Waals surface area contributed by atoms with Gasteiger partial charge in [0, 0.05) is 24.2 Å². The van der Waals surface area contributed by atoms with Crippen LogP contribution in [0.3, 0.4) is 0 Å². The van der Waals surface area contributed by atoms with E-state index in [4.69, 9.17) is 16.7 Å². The molecule has 2 heterocycles. The summed E-state index contributed by atoms with van der Waals surface area (Å²) in [5, 5.41) is 8.60. The maximum absolute atomic E-state index is 11.5. The van der Waals surface area contributed by atoms with Gasteiger partial charge in [-0.15, -0.1) is 0 Å². The Bertz CT molecular complexity index is 827. The second-order valence-electron chi connectivity index (χ2n) is 6.03. The van der Waals surface area contributed by atoms with Crippen LogP contribution in [0.25, 0.3) is 0 Å². The first-order valence-corrected chi connectivity index (χ1v) is 9.47. The Morgan fingerprint density at radius 2 is 2.19 bits per heavy atom. The lowest BCUT2D eigenvalue weighted by molar-refractivity contribution is -0.102. The Morgan fingerprint density at radius 3 is 2.74 bits per heavy atom. The lowest BCUT2D eigenvalue weighted by Gasteiger charge is -2.24. The minimum atomic E-state index is 0.136. The molecule has 0 unspecified atom stereocenters. The fourth-order valence-corrected chi connectivity index (χ4v) is 2.60. The summed E-state index contributed by atoms with van der Waals surface area (Å²) in [6.07, 6.45) is 2.32. The van der Waals surface area contributed by atoms with Crippen molar-refractivity contribution in [3.8, 4) is 0 Å². The molecule has 10 heteroatoms. The van der Waals surface area contributed by atoms with E-state index in [1.54, 1.807) is 13.1 Å². The Hall–Kier alpha value is -2.23. The monoisotopic (exact) mass is 407 g/mol. The van der Waals surface area contributed by atoms with Gasteiger partial charge in [-0.25, -0.2) is 9.98 Å². The number of aliphatic imine (C=N–C) groups is 1. The van der Waals surface area contributed by atoms with E-state index < -0.39 is 0 Å². The molecule has 144 valence electrons. The number of aryl methyl sites for hydroxylation is 1. The SMILES string of the molecule is Cc1nc(Cl)nc(N(C)C(C)C)c1/N=C(\C=O)NCc1ccc(SN)cn1. The Kier molecular flexibility index (Phi) is 7.52. The molecule has 2 rings (SSSR count). The van der Waals surface area contributed by atoms with Crippen LogP contribution in [0.1, 0.15) is 25.2 Å². The molecule has 0 aliphatic rings. The van der Waals surface area contributed by atoms with Crippen molar-refractivity contribution in [3.05, 3.63) is 35.0 Å². The number of carbonyl (C=O) groups excluding carboxylic acids is 1. The van der Waals surface area contributed by atoms with Crippen molar-refractivity contribution in [2.45, 2.75) is 38.3 Å². The molecule has 0 radical (unpaired) electrons. The molecule has 0 aromatic carbocycles. The zero-order valence-electron chi connectivity index (χ0n) is 15.6. The number of halogens is 1. The molecule has 0 saturated carbocycles. The topological polar surface area (TPSA) is 109 Å². The summed E-state index contributed by atoms with van der Waals surface area (Å²) in [7, 11) is 1.89. The number of hydrogen-bond acceptors (Lipinski definition) is 8. The van der Waals surface area contributed by atoms with Crippen LogP contribution in [0.15, 0.2) is 28.2 Å². The number of nitrogens with zero attached hydrogens (tertiary/aromatic N) is 5. The van der Waals surface area contributed by atoms with Crippen LogP contribution in [-0.2, 0) is 11.3 Å². The first-order chi connectivity index (χ1) is 12.8. The highest BCUT2D eigenvalue weighted by molar-refractivity contribution is 7.97. The van der Waals surface area contributed by atoms with E-state index in [2.05, 4.69) is 25.3 Å². The van der Waals surface area contributed by atoms with Gasteiger partial charge in [-0.05, 0) is 56.5 Å². The van der Waals surface area contributed by atoms with E-state index in [9.17, 15) is 4.79 Å². The van der Waals surface area contributed by atoms with Crippen molar-refractivity contribution >= 4 is 47.2 Å². The molecule has 3 N–H and O–H groups in total. The summed E-state index contributed by atoms with van der Waals surface area (Å²) < 4.78 is 0. The largest absolute Gasteiger partial charge is 0.362 e. The van der Waals surface area contributed by atoms with Crippen LogP contribution in [0.2, 0.25) is 5.28 Å². The molecule has 8 nitrogen and oxygen atoms in total. The van der Waals surface area contributed by atoms with Crippen molar-refractivity contribution < 1.29 is 4.79 Å². The van der Waals surface area contributed by atoms with Crippen molar-refractivity contribution in [1.29, 1.82) is 0 Å². The van der Waals surface area contributed by atoms with Crippen molar-refractivity contribution in [2.75, 3.05) is 11.9 Å². The molecular formula is C17H22ClN7OS. The van der Waals surface area contributed by atoms with Gasteiger partial charge in [-0.3, -0.25) is 14.9 Å². The van der Waals surface area contributed by atoms with Gasteiger partial charge in [0.15, 0.2) is 17.9 Å². The Morgan fingerprint density at radius 1 is 1.44 bits per heavy atom. The Labute approximate surface area is 167 Å². The number of nitrogens with two attached hydrogens (primary N) is 1. The fraction of sp³-hybridized carbons (Fsp3) is 0.353. The second kappa shape index (κ2) is 9.63. The van der Waals surface area contributed by atoms with Crippen molar-refractivity contribution in [1.82, 2.24) is 20.3 Å². The molecule has 0 amide bonds. The quantitative estimate of drug-likeness (QED) is 0.237. The van der Waals surface area contributed by atoms with Crippen LogP contribution in [0.4, 0.5) is 11.5 Å². The van der Waals surface area contributed by atoms with Gasteiger partial charge >= 0.3 is 0 Å². The summed E-state index contributed by atoms with van der Waals surface area (Å²) in [6.45, 7) is 6.16. The molecule has 2 aromatic rings. The molecule has 0 spiro atoms. The van der Waals surface area contributed by atoms with Crippen molar-refractivity contribution in [3.63, 3.8) is 0 Å². The number of pyridine rings is 1. The van der Waals surface area contributed by atoms with Crippen molar-refractivity contribution in [2.24, 2.45) is 10.1 Å². The summed E-state index contributed by atoms with van der Waals surface area (Å²) in [6, 6.07) is 3.86. The van der Waals surface area contributed by atoms with Crippen LogP contribution in [-0.4, -0.2) is 40.2 Å². The molecular weight excluding hydrogens is 386 g/mol. The average Bonchev–Trinajstić information content (AvgIpc) is 2.65. The lowest BCUT2D eigenvalue weighted by atomic mass is 10.3. The van der Waals surface area contributed by atoms with E-state index >= 15 is 0 Å². The number of aldehydes is 1. The smallest absolute Gasteiger partial charge is 0.224 e. The third kappa shape index (κ3) is 5.62. The number of aromatic nitrogens is 3. The first-order valence-electron chi connectivity index (χ1n) is 8.22. The number of nitrogens with one attached hydrogen (secondary N) is 1. The summed E-state index contributed by atoms with van der Waals surface area (Å²) in [5.41, 5.74) is 1.83. The third-order valence-corrected chi connectivity index (χ3v) is 4.53. The molecule has 0 aliphatic heterocycles. The Balaban J connectivity index is 2.29. The highest BCUT2D eigenvalue weighted by Gasteiger charge is 2.17. The van der Waals surface area contributed by atoms with Gasteiger partial charge in [0.1, 0.15) is 5.69 Å². The first kappa shape index (κ1) is 21.1.